The standard InChI is InChI=1S/C13H24N4O2S/c1-5-17(10(2)9-16(3)4)12-6-11(14)7-13(8-12)20(15,18)19/h6-8,10H,5,9,14H2,1-4H3,(H2,15,18,19). The highest BCUT2D eigenvalue weighted by Gasteiger charge is 2.17. The molecule has 0 amide bonds. The number of nitrogens with zero attached hydrogens (tertiary/aromatic N) is 2. The van der Waals surface area contributed by atoms with Crippen molar-refractivity contribution in [3.05, 3.63) is 18.2 Å². The molecule has 6 nitrogen and oxygen atoms in total. The van der Waals surface area contributed by atoms with Crippen molar-refractivity contribution in [1.29, 1.82) is 0 Å². The molecule has 0 aromatic heterocycles. The largest absolute Gasteiger partial charge is 0.399 e. The number of hydrogen-bond donors (Lipinski definition) is 2. The van der Waals surface area contributed by atoms with Gasteiger partial charge < -0.3 is 15.5 Å². The number of sulfonamides is 1. The van der Waals surface area contributed by atoms with Crippen molar-refractivity contribution in [2.24, 2.45) is 5.14 Å². The second-order valence-corrected chi connectivity index (χ2v) is 6.76. The molecule has 0 aliphatic rings. The molecule has 20 heavy (non-hydrogen) atoms. The second kappa shape index (κ2) is 6.43. The van der Waals surface area contributed by atoms with Crippen LogP contribution in [0.5, 0.6) is 0 Å². The fourth-order valence-electron chi connectivity index (χ4n) is 2.31. The quantitative estimate of drug-likeness (QED) is 0.754. The first kappa shape index (κ1) is 16.7. The molecule has 1 aromatic rings. The molecule has 7 heteroatoms. The number of rotatable bonds is 6. The van der Waals surface area contributed by atoms with Gasteiger partial charge in [-0.25, -0.2) is 13.6 Å². The number of hydrogen-bond acceptors (Lipinski definition) is 5. The predicted molar refractivity (Wildman–Crippen MR) is 83.3 cm³/mol. The van der Waals surface area contributed by atoms with Crippen LogP contribution in [0.3, 0.4) is 0 Å². The maximum absolute atomic E-state index is 11.5. The van der Waals surface area contributed by atoms with E-state index < -0.39 is 10.0 Å². The lowest BCUT2D eigenvalue weighted by Gasteiger charge is -2.32. The normalized spacial score (nSPS) is 13.5. The lowest BCUT2D eigenvalue weighted by Crippen LogP contribution is -2.40. The maximum Gasteiger partial charge on any atom is 0.238 e. The Labute approximate surface area is 121 Å². The van der Waals surface area contributed by atoms with E-state index in [1.54, 1.807) is 12.1 Å². The summed E-state index contributed by atoms with van der Waals surface area (Å²) in [6.45, 7) is 5.71. The van der Waals surface area contributed by atoms with Crippen molar-refractivity contribution < 1.29 is 8.42 Å². The number of primary sulfonamides is 1. The van der Waals surface area contributed by atoms with E-state index >= 15 is 0 Å². The average molecular weight is 300 g/mol. The summed E-state index contributed by atoms with van der Waals surface area (Å²) >= 11 is 0. The van der Waals surface area contributed by atoms with Crippen LogP contribution in [0.15, 0.2) is 23.1 Å². The van der Waals surface area contributed by atoms with Crippen molar-refractivity contribution in [2.75, 3.05) is 37.8 Å². The Balaban J connectivity index is 3.19. The van der Waals surface area contributed by atoms with Gasteiger partial charge in [-0.2, -0.15) is 0 Å². The molecule has 0 radical (unpaired) electrons. The smallest absolute Gasteiger partial charge is 0.238 e. The van der Waals surface area contributed by atoms with Gasteiger partial charge in [-0.1, -0.05) is 0 Å². The molecule has 1 aromatic carbocycles. The zero-order chi connectivity index (χ0) is 15.5. The first-order chi connectivity index (χ1) is 9.15. The molecule has 114 valence electrons. The van der Waals surface area contributed by atoms with Crippen LogP contribution < -0.4 is 15.8 Å². The topological polar surface area (TPSA) is 92.7 Å². The fourth-order valence-corrected chi connectivity index (χ4v) is 2.90. The highest BCUT2D eigenvalue weighted by Crippen LogP contribution is 2.24. The molecule has 0 saturated carbocycles. The van der Waals surface area contributed by atoms with Gasteiger partial charge in [-0.15, -0.1) is 0 Å². The summed E-state index contributed by atoms with van der Waals surface area (Å²) in [5.74, 6) is 0. The molecule has 0 heterocycles. The molecule has 0 fully saturated rings. The van der Waals surface area contributed by atoms with E-state index in [0.29, 0.717) is 5.69 Å². The van der Waals surface area contributed by atoms with E-state index in [2.05, 4.69) is 16.7 Å². The number of benzene rings is 1. The van der Waals surface area contributed by atoms with E-state index in [1.165, 1.54) is 6.07 Å². The Kier molecular flexibility index (Phi) is 5.38. The summed E-state index contributed by atoms with van der Waals surface area (Å²) in [5, 5.41) is 5.18. The summed E-state index contributed by atoms with van der Waals surface area (Å²) in [4.78, 5) is 4.23. The summed E-state index contributed by atoms with van der Waals surface area (Å²) in [7, 11) is 0.244. The highest BCUT2D eigenvalue weighted by molar-refractivity contribution is 7.89. The van der Waals surface area contributed by atoms with Crippen LogP contribution in [0.25, 0.3) is 0 Å². The third kappa shape index (κ3) is 4.36. The van der Waals surface area contributed by atoms with Crippen LogP contribution in [-0.2, 0) is 10.0 Å². The Hall–Kier alpha value is -1.31. The summed E-state index contributed by atoms with van der Waals surface area (Å²) in [5.41, 5.74) is 6.95. The van der Waals surface area contributed by atoms with Gasteiger partial charge in [0, 0.05) is 30.5 Å². The third-order valence-electron chi connectivity index (χ3n) is 3.08. The van der Waals surface area contributed by atoms with Gasteiger partial charge in [0.05, 0.1) is 4.90 Å². The molecular weight excluding hydrogens is 276 g/mol. The van der Waals surface area contributed by atoms with Crippen molar-refractivity contribution in [1.82, 2.24) is 4.90 Å². The molecule has 4 N–H and O–H groups in total. The molecule has 0 saturated heterocycles. The first-order valence-corrected chi connectivity index (χ1v) is 8.04. The number of nitrogens with two attached hydrogens (primary N) is 2. The molecule has 1 rings (SSSR count). The van der Waals surface area contributed by atoms with Crippen molar-refractivity contribution in [3.63, 3.8) is 0 Å². The number of anilines is 2. The third-order valence-corrected chi connectivity index (χ3v) is 3.97. The predicted octanol–water partition coefficient (Wildman–Crippen LogP) is 0.693. The summed E-state index contributed by atoms with van der Waals surface area (Å²) < 4.78 is 23.0. The number of likely N-dealkylation sites (N-methyl/N-ethyl adjacent to an activating group) is 2. The fraction of sp³-hybridized carbons (Fsp3) is 0.538. The van der Waals surface area contributed by atoms with E-state index in [1.807, 2.05) is 21.0 Å². The van der Waals surface area contributed by atoms with E-state index in [9.17, 15) is 8.42 Å². The van der Waals surface area contributed by atoms with Gasteiger partial charge in [-0.05, 0) is 46.1 Å². The van der Waals surface area contributed by atoms with E-state index in [-0.39, 0.29) is 10.9 Å². The first-order valence-electron chi connectivity index (χ1n) is 6.50. The lowest BCUT2D eigenvalue weighted by atomic mass is 10.2. The van der Waals surface area contributed by atoms with Gasteiger partial charge in [0.2, 0.25) is 10.0 Å². The van der Waals surface area contributed by atoms with Crippen LogP contribution in [0.2, 0.25) is 0 Å². The van der Waals surface area contributed by atoms with Crippen molar-refractivity contribution in [3.8, 4) is 0 Å². The van der Waals surface area contributed by atoms with Crippen LogP contribution in [0, 0.1) is 0 Å². The minimum absolute atomic E-state index is 0.0444. The Morgan fingerprint density at radius 1 is 1.25 bits per heavy atom. The Bertz CT molecular complexity index is 557. The maximum atomic E-state index is 11.5. The van der Waals surface area contributed by atoms with Crippen LogP contribution in [0.1, 0.15) is 13.8 Å². The van der Waals surface area contributed by atoms with Crippen molar-refractivity contribution >= 4 is 21.4 Å². The molecule has 0 spiro atoms. The second-order valence-electron chi connectivity index (χ2n) is 5.20. The average Bonchev–Trinajstić information content (AvgIpc) is 2.26. The zero-order valence-corrected chi connectivity index (χ0v) is 13.3. The molecule has 1 unspecified atom stereocenters. The summed E-state index contributed by atoms with van der Waals surface area (Å²) in [6, 6.07) is 4.94. The minimum atomic E-state index is -3.76. The molecule has 0 aliphatic heterocycles. The van der Waals surface area contributed by atoms with E-state index in [0.717, 1.165) is 18.8 Å². The Morgan fingerprint density at radius 2 is 1.85 bits per heavy atom. The Morgan fingerprint density at radius 3 is 2.30 bits per heavy atom. The zero-order valence-electron chi connectivity index (χ0n) is 12.5. The van der Waals surface area contributed by atoms with Gasteiger partial charge in [0.15, 0.2) is 0 Å². The van der Waals surface area contributed by atoms with Gasteiger partial charge in [0.25, 0.3) is 0 Å². The summed E-state index contributed by atoms with van der Waals surface area (Å²) in [6.07, 6.45) is 0. The van der Waals surface area contributed by atoms with Gasteiger partial charge in [-0.3, -0.25) is 0 Å². The lowest BCUT2D eigenvalue weighted by molar-refractivity contribution is 0.373. The SMILES string of the molecule is CCN(c1cc(N)cc(S(N)(=O)=O)c1)C(C)CN(C)C. The molecule has 1 atom stereocenters. The molecule has 0 bridgehead atoms. The van der Waals surface area contributed by atoms with Crippen LogP contribution >= 0.6 is 0 Å². The molecule has 0 aliphatic carbocycles. The van der Waals surface area contributed by atoms with Gasteiger partial charge in [0.1, 0.15) is 0 Å². The van der Waals surface area contributed by atoms with E-state index in [4.69, 9.17) is 10.9 Å². The minimum Gasteiger partial charge on any atom is -0.399 e. The van der Waals surface area contributed by atoms with Crippen LogP contribution in [-0.4, -0.2) is 46.5 Å². The van der Waals surface area contributed by atoms with Gasteiger partial charge >= 0.3 is 0 Å². The van der Waals surface area contributed by atoms with Crippen molar-refractivity contribution in [2.45, 2.75) is 24.8 Å². The number of nitrogen functional groups attached to an aromatic ring is 1. The molecular formula is C13H24N4O2S. The monoisotopic (exact) mass is 300 g/mol. The van der Waals surface area contributed by atoms with Crippen LogP contribution in [0.4, 0.5) is 11.4 Å². The highest BCUT2D eigenvalue weighted by atomic mass is 32.2.